The standard InChI is InChI=1S/C13H17N5O3S3/c1-8-14-10(7-22-8)12(19)16-13-15-9-4-5-18(6-11(9)23-13)24(20,21)17(2)3/h7H,4-6H2,1-3H3,(H,15,16,19). The summed E-state index contributed by atoms with van der Waals surface area (Å²) in [6.45, 7) is 2.50. The highest BCUT2D eigenvalue weighted by Gasteiger charge is 2.30. The summed E-state index contributed by atoms with van der Waals surface area (Å²) in [5, 5.41) is 5.73. The first-order valence-electron chi connectivity index (χ1n) is 7.17. The summed E-state index contributed by atoms with van der Waals surface area (Å²) in [6.07, 6.45) is 0.532. The van der Waals surface area contributed by atoms with Crippen LogP contribution < -0.4 is 5.32 Å². The van der Waals surface area contributed by atoms with Gasteiger partial charge in [0.15, 0.2) is 5.13 Å². The molecule has 3 rings (SSSR count). The summed E-state index contributed by atoms with van der Waals surface area (Å²) in [5.74, 6) is -0.303. The highest BCUT2D eigenvalue weighted by Crippen LogP contribution is 2.30. The first kappa shape index (κ1) is 17.4. The van der Waals surface area contributed by atoms with Crippen molar-refractivity contribution in [3.8, 4) is 0 Å². The summed E-state index contributed by atoms with van der Waals surface area (Å²) in [5.41, 5.74) is 1.21. The van der Waals surface area contributed by atoms with Crippen molar-refractivity contribution in [3.05, 3.63) is 26.7 Å². The van der Waals surface area contributed by atoms with E-state index in [0.717, 1.165) is 15.6 Å². The minimum atomic E-state index is -3.45. The second-order valence-corrected chi connectivity index (χ2v) is 9.76. The van der Waals surface area contributed by atoms with Gasteiger partial charge in [-0.25, -0.2) is 9.97 Å². The highest BCUT2D eigenvalue weighted by atomic mass is 32.2. The number of hydrogen-bond donors (Lipinski definition) is 1. The number of thiazole rings is 2. The van der Waals surface area contributed by atoms with Gasteiger partial charge in [-0.1, -0.05) is 0 Å². The minimum absolute atomic E-state index is 0.277. The predicted molar refractivity (Wildman–Crippen MR) is 93.6 cm³/mol. The molecule has 2 aromatic rings. The first-order valence-corrected chi connectivity index (χ1v) is 10.3. The number of hydrogen-bond acceptors (Lipinski definition) is 7. The van der Waals surface area contributed by atoms with Crippen molar-refractivity contribution in [1.29, 1.82) is 0 Å². The lowest BCUT2D eigenvalue weighted by Crippen LogP contribution is -2.42. The number of anilines is 1. The zero-order valence-corrected chi connectivity index (χ0v) is 15.9. The zero-order chi connectivity index (χ0) is 17.5. The van der Waals surface area contributed by atoms with Gasteiger partial charge in [0.05, 0.1) is 17.2 Å². The van der Waals surface area contributed by atoms with Gasteiger partial charge in [-0.05, 0) is 6.92 Å². The molecule has 1 aliphatic rings. The molecule has 0 atom stereocenters. The summed E-state index contributed by atoms with van der Waals surface area (Å²) in [7, 11) is -0.421. The molecule has 0 saturated heterocycles. The van der Waals surface area contributed by atoms with Crippen LogP contribution in [0.1, 0.15) is 26.1 Å². The highest BCUT2D eigenvalue weighted by molar-refractivity contribution is 7.86. The van der Waals surface area contributed by atoms with Crippen molar-refractivity contribution < 1.29 is 13.2 Å². The van der Waals surface area contributed by atoms with Gasteiger partial charge in [-0.3, -0.25) is 10.1 Å². The number of fused-ring (bicyclic) bond motifs is 1. The van der Waals surface area contributed by atoms with Crippen LogP contribution in [-0.4, -0.2) is 53.5 Å². The monoisotopic (exact) mass is 387 g/mol. The number of aryl methyl sites for hydroxylation is 1. The Morgan fingerprint density at radius 1 is 1.38 bits per heavy atom. The molecule has 130 valence electrons. The van der Waals surface area contributed by atoms with Crippen LogP contribution in [0.15, 0.2) is 5.38 Å². The van der Waals surface area contributed by atoms with Crippen LogP contribution in [0, 0.1) is 6.92 Å². The Labute approximate surface area is 148 Å². The summed E-state index contributed by atoms with van der Waals surface area (Å²) in [4.78, 5) is 21.6. The van der Waals surface area contributed by atoms with E-state index < -0.39 is 10.2 Å². The molecule has 8 nitrogen and oxygen atoms in total. The van der Waals surface area contributed by atoms with Crippen LogP contribution in [0.4, 0.5) is 5.13 Å². The molecule has 0 radical (unpaired) electrons. The van der Waals surface area contributed by atoms with E-state index >= 15 is 0 Å². The van der Waals surface area contributed by atoms with Crippen molar-refractivity contribution in [2.24, 2.45) is 0 Å². The number of carbonyl (C=O) groups excluding carboxylic acids is 1. The number of rotatable bonds is 4. The molecule has 0 spiro atoms. The van der Waals surface area contributed by atoms with Crippen molar-refractivity contribution in [2.45, 2.75) is 19.9 Å². The number of nitrogens with zero attached hydrogens (tertiary/aromatic N) is 4. The molecule has 0 aliphatic carbocycles. The second kappa shape index (κ2) is 6.48. The zero-order valence-electron chi connectivity index (χ0n) is 13.4. The molecule has 0 saturated carbocycles. The Bertz CT molecular complexity index is 871. The molecule has 1 amide bonds. The molecular formula is C13H17N5O3S3. The van der Waals surface area contributed by atoms with Gasteiger partial charge >= 0.3 is 0 Å². The average molecular weight is 388 g/mol. The smallest absolute Gasteiger partial charge is 0.281 e. The lowest BCUT2D eigenvalue weighted by molar-refractivity contribution is 0.102. The third-order valence-electron chi connectivity index (χ3n) is 3.56. The summed E-state index contributed by atoms with van der Waals surface area (Å²) < 4.78 is 27.1. The van der Waals surface area contributed by atoms with E-state index in [1.807, 2.05) is 6.92 Å². The third-order valence-corrected chi connectivity index (χ3v) is 7.21. The maximum Gasteiger partial charge on any atom is 0.281 e. The van der Waals surface area contributed by atoms with Crippen molar-refractivity contribution in [3.63, 3.8) is 0 Å². The SMILES string of the molecule is Cc1nc(C(=O)Nc2nc3c(s2)CN(S(=O)(=O)N(C)C)CC3)cs1. The average Bonchev–Trinajstić information content (AvgIpc) is 3.11. The van der Waals surface area contributed by atoms with E-state index in [4.69, 9.17) is 0 Å². The molecule has 0 unspecified atom stereocenters. The van der Waals surface area contributed by atoms with Crippen LogP contribution in [0.5, 0.6) is 0 Å². The molecule has 0 fully saturated rings. The number of aromatic nitrogens is 2. The van der Waals surface area contributed by atoms with Crippen LogP contribution in [0.2, 0.25) is 0 Å². The topological polar surface area (TPSA) is 95.5 Å². The van der Waals surface area contributed by atoms with Gasteiger partial charge < -0.3 is 0 Å². The van der Waals surface area contributed by atoms with Crippen LogP contribution in [-0.2, 0) is 23.2 Å². The Kier molecular flexibility index (Phi) is 4.71. The maximum absolute atomic E-state index is 12.2. The Balaban J connectivity index is 1.75. The molecule has 1 aliphatic heterocycles. The van der Waals surface area contributed by atoms with Gasteiger partial charge in [0.1, 0.15) is 5.69 Å². The van der Waals surface area contributed by atoms with Crippen molar-refractivity contribution in [1.82, 2.24) is 18.6 Å². The van der Waals surface area contributed by atoms with E-state index in [1.54, 1.807) is 5.38 Å². The molecule has 24 heavy (non-hydrogen) atoms. The first-order chi connectivity index (χ1) is 11.3. The lowest BCUT2D eigenvalue weighted by Gasteiger charge is -2.27. The maximum atomic E-state index is 12.2. The predicted octanol–water partition coefficient (Wildman–Crippen LogP) is 1.32. The van der Waals surface area contributed by atoms with Gasteiger partial charge in [-0.2, -0.15) is 17.0 Å². The lowest BCUT2D eigenvalue weighted by atomic mass is 10.2. The van der Waals surface area contributed by atoms with Gasteiger partial charge in [0, 0.05) is 37.3 Å². The van der Waals surface area contributed by atoms with E-state index in [0.29, 0.717) is 23.8 Å². The van der Waals surface area contributed by atoms with Crippen LogP contribution >= 0.6 is 22.7 Å². The number of carbonyl (C=O) groups is 1. The molecular weight excluding hydrogens is 370 g/mol. The molecule has 0 aromatic carbocycles. The van der Waals surface area contributed by atoms with Crippen LogP contribution in [0.3, 0.4) is 0 Å². The minimum Gasteiger partial charge on any atom is -0.296 e. The second-order valence-electron chi connectivity index (χ2n) is 5.47. The number of nitrogens with one attached hydrogen (secondary N) is 1. The van der Waals surface area contributed by atoms with Gasteiger partial charge in [0.2, 0.25) is 0 Å². The fraction of sp³-hybridized carbons (Fsp3) is 0.462. The largest absolute Gasteiger partial charge is 0.296 e. The normalized spacial score (nSPS) is 15.5. The van der Waals surface area contributed by atoms with Crippen molar-refractivity contribution >= 4 is 43.9 Å². The molecule has 3 heterocycles. The summed E-state index contributed by atoms with van der Waals surface area (Å²) >= 11 is 2.71. The van der Waals surface area contributed by atoms with E-state index in [1.165, 1.54) is 45.4 Å². The fourth-order valence-corrected chi connectivity index (χ4v) is 5.05. The van der Waals surface area contributed by atoms with E-state index in [9.17, 15) is 13.2 Å². The van der Waals surface area contributed by atoms with E-state index in [-0.39, 0.29) is 12.5 Å². The molecule has 1 N–H and O–H groups in total. The van der Waals surface area contributed by atoms with Gasteiger partial charge in [0.25, 0.3) is 16.1 Å². The van der Waals surface area contributed by atoms with Crippen LogP contribution in [0.25, 0.3) is 0 Å². The quantitative estimate of drug-likeness (QED) is 0.854. The number of amides is 1. The van der Waals surface area contributed by atoms with Gasteiger partial charge in [-0.15, -0.1) is 22.7 Å². The van der Waals surface area contributed by atoms with E-state index in [2.05, 4.69) is 15.3 Å². The Morgan fingerprint density at radius 2 is 2.12 bits per heavy atom. The summed E-state index contributed by atoms with van der Waals surface area (Å²) in [6, 6.07) is 0. The Morgan fingerprint density at radius 3 is 2.75 bits per heavy atom. The molecule has 0 bridgehead atoms. The fourth-order valence-electron chi connectivity index (χ4n) is 2.28. The Hall–Kier alpha value is -1.40. The van der Waals surface area contributed by atoms with Crippen molar-refractivity contribution in [2.75, 3.05) is 26.0 Å². The third kappa shape index (κ3) is 3.35. The molecule has 11 heteroatoms. The molecule has 2 aromatic heterocycles.